The molecule has 0 saturated heterocycles. The van der Waals surface area contributed by atoms with E-state index in [-0.39, 0.29) is 16.3 Å². The molecule has 3 rings (SSSR count). The van der Waals surface area contributed by atoms with Crippen molar-refractivity contribution < 1.29 is 18.4 Å². The van der Waals surface area contributed by atoms with Gasteiger partial charge < -0.3 is 4.98 Å². The molecule has 6 nitrogen and oxygen atoms in total. The average Bonchev–Trinajstić information content (AvgIpc) is 3.25. The van der Waals surface area contributed by atoms with Crippen LogP contribution in [0.15, 0.2) is 18.3 Å². The molecule has 0 spiro atoms. The molecule has 0 aliphatic heterocycles. The fraction of sp³-hybridized carbons (Fsp3) is 0.214. The van der Waals surface area contributed by atoms with Gasteiger partial charge in [-0.25, -0.2) is 13.8 Å². The minimum Gasteiger partial charge on any atom is -0.338 e. The zero-order valence-electron chi connectivity index (χ0n) is 11.6. The molecule has 3 N–H and O–H groups in total. The van der Waals surface area contributed by atoms with Gasteiger partial charge in [0, 0.05) is 5.92 Å². The van der Waals surface area contributed by atoms with Crippen molar-refractivity contribution in [2.75, 3.05) is 0 Å². The predicted octanol–water partition coefficient (Wildman–Crippen LogP) is 2.29. The molecule has 1 saturated carbocycles. The van der Waals surface area contributed by atoms with Gasteiger partial charge in [0.1, 0.15) is 11.5 Å². The largest absolute Gasteiger partial charge is 0.338 e. The molecular formula is C14H11ClF2N4O2. The second-order valence-corrected chi connectivity index (χ2v) is 5.52. The summed E-state index contributed by atoms with van der Waals surface area (Å²) in [5.74, 6) is -2.79. The Balaban J connectivity index is 1.64. The number of halogens is 3. The Morgan fingerprint density at radius 3 is 2.52 bits per heavy atom. The van der Waals surface area contributed by atoms with Gasteiger partial charge in [0.2, 0.25) is 0 Å². The molecule has 1 aromatic carbocycles. The van der Waals surface area contributed by atoms with Gasteiger partial charge in [-0.2, -0.15) is 0 Å². The number of hydrazine groups is 1. The SMILES string of the molecule is O=C(NNC(=O)c1cc(F)c(F)cc1Cl)c1cnc(C2CC2)[nH]1. The summed E-state index contributed by atoms with van der Waals surface area (Å²) in [5, 5.41) is -0.270. The zero-order chi connectivity index (χ0) is 16.6. The number of carbonyl (C=O) groups is 2. The van der Waals surface area contributed by atoms with E-state index in [1.54, 1.807) is 0 Å². The monoisotopic (exact) mass is 340 g/mol. The lowest BCUT2D eigenvalue weighted by Gasteiger charge is -2.08. The van der Waals surface area contributed by atoms with E-state index < -0.39 is 23.4 Å². The lowest BCUT2D eigenvalue weighted by atomic mass is 10.2. The summed E-state index contributed by atoms with van der Waals surface area (Å²) in [5.41, 5.74) is 4.11. The highest BCUT2D eigenvalue weighted by Crippen LogP contribution is 2.38. The van der Waals surface area contributed by atoms with Crippen molar-refractivity contribution in [3.63, 3.8) is 0 Å². The van der Waals surface area contributed by atoms with E-state index in [2.05, 4.69) is 20.8 Å². The number of nitrogens with one attached hydrogen (secondary N) is 3. The second kappa shape index (κ2) is 5.96. The molecule has 1 aromatic heterocycles. The van der Waals surface area contributed by atoms with Crippen LogP contribution in [-0.2, 0) is 0 Å². The quantitative estimate of drug-likeness (QED) is 0.592. The van der Waals surface area contributed by atoms with Crippen molar-refractivity contribution in [1.29, 1.82) is 0 Å². The van der Waals surface area contributed by atoms with Crippen molar-refractivity contribution in [3.05, 3.63) is 52.1 Å². The van der Waals surface area contributed by atoms with Gasteiger partial charge in [-0.15, -0.1) is 0 Å². The first kappa shape index (κ1) is 15.4. The van der Waals surface area contributed by atoms with Crippen LogP contribution in [0.3, 0.4) is 0 Å². The van der Waals surface area contributed by atoms with Crippen LogP contribution < -0.4 is 10.9 Å². The molecule has 0 bridgehead atoms. The summed E-state index contributed by atoms with van der Waals surface area (Å²) in [6.07, 6.45) is 3.42. The third-order valence-corrected chi connectivity index (χ3v) is 3.66. The van der Waals surface area contributed by atoms with Crippen molar-refractivity contribution in [1.82, 2.24) is 20.8 Å². The number of benzene rings is 1. The number of carbonyl (C=O) groups excluding carboxylic acids is 2. The summed E-state index contributed by atoms with van der Waals surface area (Å²) in [7, 11) is 0. The normalized spacial score (nSPS) is 13.7. The Morgan fingerprint density at radius 2 is 1.83 bits per heavy atom. The smallest absolute Gasteiger partial charge is 0.287 e. The van der Waals surface area contributed by atoms with E-state index >= 15 is 0 Å². The number of nitrogens with zero attached hydrogens (tertiary/aromatic N) is 1. The molecule has 0 radical (unpaired) electrons. The van der Waals surface area contributed by atoms with Crippen molar-refractivity contribution in [2.24, 2.45) is 0 Å². The van der Waals surface area contributed by atoms with Crippen LogP contribution in [0.2, 0.25) is 5.02 Å². The number of H-pyrrole nitrogens is 1. The maximum absolute atomic E-state index is 13.2. The van der Waals surface area contributed by atoms with E-state index in [1.807, 2.05) is 0 Å². The molecule has 1 heterocycles. The summed E-state index contributed by atoms with van der Waals surface area (Å²) < 4.78 is 26.1. The van der Waals surface area contributed by atoms with Gasteiger partial charge in [0.25, 0.3) is 11.8 Å². The number of hydrogen-bond donors (Lipinski definition) is 3. The lowest BCUT2D eigenvalue weighted by molar-refractivity contribution is 0.0844. The third kappa shape index (κ3) is 3.31. The molecule has 1 aliphatic carbocycles. The molecule has 2 aromatic rings. The number of rotatable bonds is 3. The predicted molar refractivity (Wildman–Crippen MR) is 76.9 cm³/mol. The Kier molecular flexibility index (Phi) is 3.99. The summed E-state index contributed by atoms with van der Waals surface area (Å²) >= 11 is 5.68. The maximum atomic E-state index is 13.2. The van der Waals surface area contributed by atoms with Gasteiger partial charge in [-0.3, -0.25) is 20.4 Å². The highest BCUT2D eigenvalue weighted by molar-refractivity contribution is 6.33. The van der Waals surface area contributed by atoms with Gasteiger partial charge >= 0.3 is 0 Å². The number of hydrogen-bond acceptors (Lipinski definition) is 3. The number of imidazole rings is 1. The minimum absolute atomic E-state index is 0.184. The Bertz CT molecular complexity index is 789. The summed E-state index contributed by atoms with van der Waals surface area (Å²) in [6, 6.07) is 1.34. The van der Waals surface area contributed by atoms with Crippen LogP contribution in [0.4, 0.5) is 8.78 Å². The molecule has 0 atom stereocenters. The maximum Gasteiger partial charge on any atom is 0.287 e. The van der Waals surface area contributed by atoms with Crippen LogP contribution in [0.1, 0.15) is 45.4 Å². The Hall–Kier alpha value is -2.48. The molecule has 120 valence electrons. The number of aromatic nitrogens is 2. The first-order chi connectivity index (χ1) is 11.0. The molecule has 1 fully saturated rings. The molecule has 2 amide bonds. The summed E-state index contributed by atoms with van der Waals surface area (Å²) in [6.45, 7) is 0. The van der Waals surface area contributed by atoms with Crippen LogP contribution in [0, 0.1) is 11.6 Å². The number of aromatic amines is 1. The molecule has 23 heavy (non-hydrogen) atoms. The fourth-order valence-electron chi connectivity index (χ4n) is 1.96. The van der Waals surface area contributed by atoms with Gasteiger partial charge in [0.05, 0.1) is 16.8 Å². The Labute approximate surface area is 134 Å². The van der Waals surface area contributed by atoms with Crippen LogP contribution >= 0.6 is 11.6 Å². The third-order valence-electron chi connectivity index (χ3n) is 3.35. The lowest BCUT2D eigenvalue weighted by Crippen LogP contribution is -2.42. The van der Waals surface area contributed by atoms with Crippen molar-refractivity contribution >= 4 is 23.4 Å². The zero-order valence-corrected chi connectivity index (χ0v) is 12.4. The molecule has 9 heteroatoms. The minimum atomic E-state index is -1.21. The molecular weight excluding hydrogens is 330 g/mol. The van der Waals surface area contributed by atoms with E-state index in [0.717, 1.165) is 18.7 Å². The highest BCUT2D eigenvalue weighted by Gasteiger charge is 2.27. The summed E-state index contributed by atoms with van der Waals surface area (Å²) in [4.78, 5) is 30.7. The fourth-order valence-corrected chi connectivity index (χ4v) is 2.20. The van der Waals surface area contributed by atoms with Gasteiger partial charge in [0.15, 0.2) is 11.6 Å². The van der Waals surface area contributed by atoms with E-state index in [4.69, 9.17) is 11.6 Å². The van der Waals surface area contributed by atoms with Crippen LogP contribution in [0.5, 0.6) is 0 Å². The first-order valence-corrected chi connectivity index (χ1v) is 7.13. The molecule has 0 unspecified atom stereocenters. The van der Waals surface area contributed by atoms with E-state index in [9.17, 15) is 18.4 Å². The van der Waals surface area contributed by atoms with E-state index in [1.165, 1.54) is 6.20 Å². The average molecular weight is 341 g/mol. The highest BCUT2D eigenvalue weighted by atomic mass is 35.5. The van der Waals surface area contributed by atoms with Crippen LogP contribution in [0.25, 0.3) is 0 Å². The van der Waals surface area contributed by atoms with E-state index in [0.29, 0.717) is 18.1 Å². The second-order valence-electron chi connectivity index (χ2n) is 5.11. The topological polar surface area (TPSA) is 86.9 Å². The molecule has 1 aliphatic rings. The first-order valence-electron chi connectivity index (χ1n) is 6.76. The van der Waals surface area contributed by atoms with Crippen molar-refractivity contribution in [3.8, 4) is 0 Å². The van der Waals surface area contributed by atoms with Crippen molar-refractivity contribution in [2.45, 2.75) is 18.8 Å². The standard InChI is InChI=1S/C14H11ClF2N4O2/c15-8-4-10(17)9(16)3-7(8)13(22)20-21-14(23)11-5-18-12(19-11)6-1-2-6/h3-6H,1-2H2,(H,18,19)(H,20,22)(H,21,23). The van der Waals surface area contributed by atoms with Gasteiger partial charge in [-0.1, -0.05) is 11.6 Å². The van der Waals surface area contributed by atoms with Crippen LogP contribution in [-0.4, -0.2) is 21.8 Å². The van der Waals surface area contributed by atoms with Gasteiger partial charge in [-0.05, 0) is 25.0 Å². The Morgan fingerprint density at radius 1 is 1.17 bits per heavy atom. The number of amides is 2.